The Hall–Kier alpha value is -3.02. The summed E-state index contributed by atoms with van der Waals surface area (Å²) in [5.41, 5.74) is 6.93. The maximum absolute atomic E-state index is 12.5. The van der Waals surface area contributed by atoms with Crippen LogP contribution < -0.4 is 15.8 Å². The van der Waals surface area contributed by atoms with Crippen molar-refractivity contribution in [2.24, 2.45) is 11.8 Å². The molecule has 1 fully saturated rings. The van der Waals surface area contributed by atoms with Crippen molar-refractivity contribution >= 4 is 23.3 Å². The Balaban J connectivity index is 1.62. The Labute approximate surface area is 152 Å². The van der Waals surface area contributed by atoms with Gasteiger partial charge in [-0.2, -0.15) is 0 Å². The first-order chi connectivity index (χ1) is 12.5. The summed E-state index contributed by atoms with van der Waals surface area (Å²) in [6.45, 7) is 0. The molecule has 2 aromatic rings. The maximum Gasteiger partial charge on any atom is 0.307 e. The normalized spacial score (nSPS) is 19.5. The molecule has 6 nitrogen and oxygen atoms in total. The van der Waals surface area contributed by atoms with Gasteiger partial charge in [0.05, 0.1) is 11.8 Å². The third-order valence-corrected chi connectivity index (χ3v) is 4.66. The predicted octanol–water partition coefficient (Wildman–Crippen LogP) is 3.89. The maximum atomic E-state index is 12.5. The molecule has 0 radical (unpaired) electrons. The molecule has 0 heterocycles. The number of carbonyl (C=O) groups is 2. The van der Waals surface area contributed by atoms with E-state index in [0.29, 0.717) is 35.7 Å². The molecule has 3 rings (SSSR count). The minimum Gasteiger partial charge on any atom is -0.481 e. The topological polar surface area (TPSA) is 102 Å². The fourth-order valence-electron chi connectivity index (χ4n) is 3.25. The molecule has 1 saturated carbocycles. The van der Waals surface area contributed by atoms with Crippen LogP contribution in [0.5, 0.6) is 11.5 Å². The molecule has 1 amide bonds. The minimum absolute atomic E-state index is 0.232. The molecule has 1 aliphatic rings. The third-order valence-electron chi connectivity index (χ3n) is 4.66. The lowest BCUT2D eigenvalue weighted by atomic mass is 9.78. The van der Waals surface area contributed by atoms with Gasteiger partial charge in [0.2, 0.25) is 5.91 Å². The van der Waals surface area contributed by atoms with Gasteiger partial charge in [0.15, 0.2) is 0 Å². The van der Waals surface area contributed by atoms with E-state index < -0.39 is 17.8 Å². The van der Waals surface area contributed by atoms with Crippen molar-refractivity contribution in [2.45, 2.75) is 25.7 Å². The van der Waals surface area contributed by atoms with Crippen LogP contribution in [0.3, 0.4) is 0 Å². The molecule has 0 aliphatic heterocycles. The highest BCUT2D eigenvalue weighted by Crippen LogP contribution is 2.31. The van der Waals surface area contributed by atoms with Gasteiger partial charge in [-0.3, -0.25) is 9.59 Å². The van der Waals surface area contributed by atoms with Gasteiger partial charge in [0, 0.05) is 11.4 Å². The quantitative estimate of drug-likeness (QED) is 0.707. The summed E-state index contributed by atoms with van der Waals surface area (Å²) >= 11 is 0. The minimum atomic E-state index is -0.892. The van der Waals surface area contributed by atoms with E-state index in [1.165, 1.54) is 0 Å². The smallest absolute Gasteiger partial charge is 0.307 e. The van der Waals surface area contributed by atoms with Gasteiger partial charge in [0.25, 0.3) is 0 Å². The van der Waals surface area contributed by atoms with Crippen molar-refractivity contribution in [3.05, 3.63) is 48.5 Å². The molecule has 2 atom stereocenters. The fourth-order valence-corrected chi connectivity index (χ4v) is 3.25. The van der Waals surface area contributed by atoms with Gasteiger partial charge < -0.3 is 20.9 Å². The first-order valence-corrected chi connectivity index (χ1v) is 8.70. The second-order valence-corrected chi connectivity index (χ2v) is 6.52. The summed E-state index contributed by atoms with van der Waals surface area (Å²) in [5, 5.41) is 12.1. The van der Waals surface area contributed by atoms with E-state index in [-0.39, 0.29) is 5.91 Å². The number of aliphatic carboxylic acids is 1. The lowest BCUT2D eigenvalue weighted by Gasteiger charge is -2.27. The van der Waals surface area contributed by atoms with Crippen LogP contribution >= 0.6 is 0 Å². The van der Waals surface area contributed by atoms with Gasteiger partial charge >= 0.3 is 5.97 Å². The van der Waals surface area contributed by atoms with Crippen LogP contribution in [0.1, 0.15) is 25.7 Å². The molecule has 1 aliphatic carbocycles. The zero-order valence-electron chi connectivity index (χ0n) is 14.4. The summed E-state index contributed by atoms with van der Waals surface area (Å²) in [4.78, 5) is 23.8. The van der Waals surface area contributed by atoms with Crippen LogP contribution in [0.25, 0.3) is 0 Å². The van der Waals surface area contributed by atoms with Crippen LogP contribution in [-0.4, -0.2) is 17.0 Å². The number of carbonyl (C=O) groups excluding carboxylic acids is 1. The average Bonchev–Trinajstić information content (AvgIpc) is 2.65. The first-order valence-electron chi connectivity index (χ1n) is 8.70. The molecule has 0 spiro atoms. The second kappa shape index (κ2) is 7.91. The monoisotopic (exact) mass is 354 g/mol. The molecule has 0 aromatic heterocycles. The van der Waals surface area contributed by atoms with Gasteiger partial charge in [-0.25, -0.2) is 0 Å². The molecule has 0 bridgehead atoms. The van der Waals surface area contributed by atoms with Crippen LogP contribution in [0.4, 0.5) is 11.4 Å². The summed E-state index contributed by atoms with van der Waals surface area (Å²) in [7, 11) is 0. The number of nitrogens with one attached hydrogen (secondary N) is 1. The number of benzene rings is 2. The molecule has 26 heavy (non-hydrogen) atoms. The molecule has 2 aromatic carbocycles. The predicted molar refractivity (Wildman–Crippen MR) is 99.1 cm³/mol. The Morgan fingerprint density at radius 1 is 0.923 bits per heavy atom. The van der Waals surface area contributed by atoms with E-state index in [2.05, 4.69) is 5.32 Å². The average molecular weight is 354 g/mol. The van der Waals surface area contributed by atoms with Crippen LogP contribution in [0, 0.1) is 11.8 Å². The molecular formula is C20H22N2O4. The summed E-state index contributed by atoms with van der Waals surface area (Å²) < 4.78 is 5.71. The zero-order valence-corrected chi connectivity index (χ0v) is 14.4. The largest absolute Gasteiger partial charge is 0.481 e. The van der Waals surface area contributed by atoms with Crippen molar-refractivity contribution in [1.29, 1.82) is 0 Å². The number of ether oxygens (including phenoxy) is 1. The van der Waals surface area contributed by atoms with E-state index in [1.807, 2.05) is 0 Å². The van der Waals surface area contributed by atoms with Crippen LogP contribution in [0.15, 0.2) is 48.5 Å². The van der Waals surface area contributed by atoms with Crippen LogP contribution in [0.2, 0.25) is 0 Å². The number of anilines is 2. The molecule has 0 saturated heterocycles. The molecule has 1 unspecified atom stereocenters. The molecule has 136 valence electrons. The highest BCUT2D eigenvalue weighted by molar-refractivity contribution is 5.95. The Morgan fingerprint density at radius 2 is 1.46 bits per heavy atom. The number of nitrogen functional groups attached to an aromatic ring is 1. The third kappa shape index (κ3) is 4.33. The lowest BCUT2D eigenvalue weighted by molar-refractivity contribution is -0.147. The lowest BCUT2D eigenvalue weighted by Crippen LogP contribution is -2.36. The van der Waals surface area contributed by atoms with E-state index in [9.17, 15) is 14.7 Å². The molecular weight excluding hydrogens is 332 g/mol. The number of hydrogen-bond acceptors (Lipinski definition) is 4. The number of amides is 1. The van der Waals surface area contributed by atoms with E-state index in [1.54, 1.807) is 48.5 Å². The Bertz CT molecular complexity index is 771. The SMILES string of the molecule is Nc1ccc(Oc2ccc(NC(=O)C3CCCC[C@@H]3C(=O)O)cc2)cc1. The zero-order chi connectivity index (χ0) is 18.5. The van der Waals surface area contributed by atoms with Gasteiger partial charge in [-0.1, -0.05) is 12.8 Å². The fraction of sp³-hybridized carbons (Fsp3) is 0.300. The van der Waals surface area contributed by atoms with Gasteiger partial charge in [0.1, 0.15) is 11.5 Å². The molecule has 6 heteroatoms. The standard InChI is InChI=1S/C20H22N2O4/c21-13-5-9-15(10-6-13)26-16-11-7-14(8-12-16)22-19(23)17-3-1-2-4-18(17)20(24)25/h5-12,17-18H,1-4,21H2,(H,22,23)(H,24,25)/t17?,18-/m0/s1. The van der Waals surface area contributed by atoms with E-state index >= 15 is 0 Å². The van der Waals surface area contributed by atoms with Crippen LogP contribution in [-0.2, 0) is 9.59 Å². The van der Waals surface area contributed by atoms with Crippen molar-refractivity contribution in [1.82, 2.24) is 0 Å². The summed E-state index contributed by atoms with van der Waals surface area (Å²) in [5.74, 6) is -0.901. The van der Waals surface area contributed by atoms with Crippen molar-refractivity contribution in [3.8, 4) is 11.5 Å². The second-order valence-electron chi connectivity index (χ2n) is 6.52. The van der Waals surface area contributed by atoms with Crippen molar-refractivity contribution in [3.63, 3.8) is 0 Å². The first kappa shape index (κ1) is 17.8. The Kier molecular flexibility index (Phi) is 5.41. The van der Waals surface area contributed by atoms with Gasteiger partial charge in [-0.05, 0) is 61.4 Å². The van der Waals surface area contributed by atoms with Gasteiger partial charge in [-0.15, -0.1) is 0 Å². The highest BCUT2D eigenvalue weighted by atomic mass is 16.5. The number of nitrogens with two attached hydrogens (primary N) is 1. The number of carboxylic acid groups (broad SMARTS) is 1. The van der Waals surface area contributed by atoms with E-state index in [0.717, 1.165) is 12.8 Å². The summed E-state index contributed by atoms with van der Waals surface area (Å²) in [6.07, 6.45) is 2.91. The molecule has 4 N–H and O–H groups in total. The number of carboxylic acids is 1. The summed E-state index contributed by atoms with van der Waals surface area (Å²) in [6, 6.07) is 14.1. The number of hydrogen-bond donors (Lipinski definition) is 3. The van der Waals surface area contributed by atoms with Crippen molar-refractivity contribution < 1.29 is 19.4 Å². The number of rotatable bonds is 5. The Morgan fingerprint density at radius 3 is 2.04 bits per heavy atom. The van der Waals surface area contributed by atoms with Crippen molar-refractivity contribution in [2.75, 3.05) is 11.1 Å². The highest BCUT2D eigenvalue weighted by Gasteiger charge is 2.35. The van der Waals surface area contributed by atoms with E-state index in [4.69, 9.17) is 10.5 Å².